The van der Waals surface area contributed by atoms with E-state index in [0.717, 1.165) is 44.5 Å². The molecule has 2 aromatic carbocycles. The van der Waals surface area contributed by atoms with E-state index in [4.69, 9.17) is 9.47 Å². The van der Waals surface area contributed by atoms with E-state index in [1.165, 1.54) is 12.1 Å². The van der Waals surface area contributed by atoms with Crippen molar-refractivity contribution in [3.05, 3.63) is 59.4 Å². The molecule has 2 heterocycles. The van der Waals surface area contributed by atoms with Gasteiger partial charge in [0.15, 0.2) is 17.3 Å². The van der Waals surface area contributed by atoms with E-state index in [2.05, 4.69) is 10.2 Å². The number of amides is 1. The van der Waals surface area contributed by atoms with Crippen molar-refractivity contribution in [3.8, 4) is 11.5 Å². The van der Waals surface area contributed by atoms with Gasteiger partial charge in [-0.2, -0.15) is 0 Å². The van der Waals surface area contributed by atoms with Gasteiger partial charge in [-0.25, -0.2) is 4.39 Å². The summed E-state index contributed by atoms with van der Waals surface area (Å²) in [5.74, 6) is 1.33. The number of rotatable bonds is 9. The number of Topliss-reactive ketones (excluding diaryl/α,β-unsaturated/α-hetero) is 1. The molecule has 2 aliphatic heterocycles. The number of hydrogen-bond acceptors (Lipinski definition) is 5. The molecule has 0 aromatic heterocycles. The summed E-state index contributed by atoms with van der Waals surface area (Å²) >= 11 is 0. The lowest BCUT2D eigenvalue weighted by molar-refractivity contribution is -0.119. The van der Waals surface area contributed by atoms with Crippen LogP contribution in [0.3, 0.4) is 0 Å². The van der Waals surface area contributed by atoms with Crippen molar-refractivity contribution >= 4 is 11.7 Å². The van der Waals surface area contributed by atoms with Gasteiger partial charge in [-0.3, -0.25) is 9.59 Å². The van der Waals surface area contributed by atoms with Crippen molar-refractivity contribution in [2.24, 2.45) is 5.92 Å². The summed E-state index contributed by atoms with van der Waals surface area (Å²) < 4.78 is 24.6. The summed E-state index contributed by atoms with van der Waals surface area (Å²) in [5.41, 5.74) is 1.65. The number of benzene rings is 2. The van der Waals surface area contributed by atoms with Gasteiger partial charge in [0.2, 0.25) is 5.91 Å². The number of likely N-dealkylation sites (tertiary alicyclic amines) is 1. The molecular weight excluding hydrogens is 423 g/mol. The minimum absolute atomic E-state index is 0.0513. The standard InChI is InChI=1S/C26H31FN2O4/c1-32-23-10-7-19(21-15-25(30)28-16-21)14-24(23)33-13-3-12-29-11-2-4-20(17-29)26(31)18-5-8-22(27)9-6-18/h5-10,14,20-21H,2-4,11-13,15-17H2,1H3,(H,28,30). The summed E-state index contributed by atoms with van der Waals surface area (Å²) in [4.78, 5) is 26.6. The first-order valence-corrected chi connectivity index (χ1v) is 11.6. The average Bonchev–Trinajstić information content (AvgIpc) is 3.28. The van der Waals surface area contributed by atoms with Crippen LogP contribution in [0.2, 0.25) is 0 Å². The van der Waals surface area contributed by atoms with Crippen molar-refractivity contribution in [2.75, 3.05) is 39.9 Å². The second kappa shape index (κ2) is 10.8. The van der Waals surface area contributed by atoms with Crippen molar-refractivity contribution in [3.63, 3.8) is 0 Å². The Morgan fingerprint density at radius 1 is 1.18 bits per heavy atom. The first kappa shape index (κ1) is 23.2. The molecule has 2 unspecified atom stereocenters. The fraction of sp³-hybridized carbons (Fsp3) is 0.462. The zero-order valence-corrected chi connectivity index (χ0v) is 19.0. The summed E-state index contributed by atoms with van der Waals surface area (Å²) in [6.07, 6.45) is 3.17. The van der Waals surface area contributed by atoms with Crippen LogP contribution < -0.4 is 14.8 Å². The van der Waals surface area contributed by atoms with Crippen LogP contribution >= 0.6 is 0 Å². The van der Waals surface area contributed by atoms with Crippen molar-refractivity contribution in [1.29, 1.82) is 0 Å². The predicted molar refractivity (Wildman–Crippen MR) is 123 cm³/mol. The Labute approximate surface area is 194 Å². The molecule has 33 heavy (non-hydrogen) atoms. The second-order valence-electron chi connectivity index (χ2n) is 8.83. The van der Waals surface area contributed by atoms with Gasteiger partial charge in [0.1, 0.15) is 5.82 Å². The summed E-state index contributed by atoms with van der Waals surface area (Å²) in [5, 5.41) is 2.87. The highest BCUT2D eigenvalue weighted by atomic mass is 19.1. The predicted octanol–water partition coefficient (Wildman–Crippen LogP) is 3.80. The van der Waals surface area contributed by atoms with Crippen LogP contribution in [0.25, 0.3) is 0 Å². The molecule has 0 radical (unpaired) electrons. The molecule has 4 rings (SSSR count). The lowest BCUT2D eigenvalue weighted by Gasteiger charge is -2.32. The maximum atomic E-state index is 13.2. The van der Waals surface area contributed by atoms with Crippen LogP contribution in [0.5, 0.6) is 11.5 Å². The molecule has 1 N–H and O–H groups in total. The third-order valence-electron chi connectivity index (χ3n) is 6.52. The highest BCUT2D eigenvalue weighted by Crippen LogP contribution is 2.33. The Balaban J connectivity index is 1.27. The van der Waals surface area contributed by atoms with Gasteiger partial charge >= 0.3 is 0 Å². The van der Waals surface area contributed by atoms with E-state index in [1.54, 1.807) is 19.2 Å². The molecule has 6 nitrogen and oxygen atoms in total. The number of ether oxygens (including phenoxy) is 2. The summed E-state index contributed by atoms with van der Waals surface area (Å²) in [6.45, 7) is 3.72. The SMILES string of the molecule is COc1ccc(C2CNC(=O)C2)cc1OCCCN1CCCC(C(=O)c2ccc(F)cc2)C1. The number of hydrogen-bond donors (Lipinski definition) is 1. The zero-order chi connectivity index (χ0) is 23.2. The number of methoxy groups -OCH3 is 1. The van der Waals surface area contributed by atoms with Gasteiger partial charge in [0.25, 0.3) is 0 Å². The van der Waals surface area contributed by atoms with Crippen molar-refractivity contribution in [2.45, 2.75) is 31.6 Å². The molecule has 0 aliphatic carbocycles. The number of piperidine rings is 1. The highest BCUT2D eigenvalue weighted by Gasteiger charge is 2.27. The molecule has 0 saturated carbocycles. The van der Waals surface area contributed by atoms with Crippen LogP contribution in [-0.2, 0) is 4.79 Å². The summed E-state index contributed by atoms with van der Waals surface area (Å²) in [6, 6.07) is 11.7. The molecule has 2 fully saturated rings. The maximum Gasteiger partial charge on any atom is 0.220 e. The summed E-state index contributed by atoms with van der Waals surface area (Å²) in [7, 11) is 1.62. The quantitative estimate of drug-likeness (QED) is 0.461. The fourth-order valence-corrected chi connectivity index (χ4v) is 4.69. The van der Waals surface area contributed by atoms with E-state index in [1.807, 2.05) is 18.2 Å². The average molecular weight is 455 g/mol. The number of halogens is 1. The lowest BCUT2D eigenvalue weighted by atomic mass is 9.90. The Kier molecular flexibility index (Phi) is 7.60. The van der Waals surface area contributed by atoms with Crippen LogP contribution in [0.15, 0.2) is 42.5 Å². The van der Waals surface area contributed by atoms with E-state index >= 15 is 0 Å². The van der Waals surface area contributed by atoms with Crippen LogP contribution in [-0.4, -0.2) is 56.5 Å². The number of nitrogens with one attached hydrogen (secondary N) is 1. The Bertz CT molecular complexity index is 979. The Hall–Kier alpha value is -2.93. The normalized spacial score (nSPS) is 21.0. The zero-order valence-electron chi connectivity index (χ0n) is 19.0. The first-order chi connectivity index (χ1) is 16.0. The molecule has 1 amide bonds. The fourth-order valence-electron chi connectivity index (χ4n) is 4.69. The third kappa shape index (κ3) is 5.90. The van der Waals surface area contributed by atoms with E-state index < -0.39 is 0 Å². The van der Waals surface area contributed by atoms with Gasteiger partial charge in [0.05, 0.1) is 13.7 Å². The smallest absolute Gasteiger partial charge is 0.220 e. The number of carbonyl (C=O) groups is 2. The van der Waals surface area contributed by atoms with Crippen LogP contribution in [0, 0.1) is 11.7 Å². The van der Waals surface area contributed by atoms with Gasteiger partial charge in [0, 0.05) is 43.5 Å². The van der Waals surface area contributed by atoms with Crippen LogP contribution in [0.4, 0.5) is 4.39 Å². The topological polar surface area (TPSA) is 67.9 Å². The molecule has 0 bridgehead atoms. The van der Waals surface area contributed by atoms with Gasteiger partial charge in [-0.15, -0.1) is 0 Å². The molecule has 2 saturated heterocycles. The molecule has 2 aliphatic rings. The third-order valence-corrected chi connectivity index (χ3v) is 6.52. The number of carbonyl (C=O) groups excluding carboxylic acids is 2. The number of nitrogens with zero attached hydrogens (tertiary/aromatic N) is 1. The van der Waals surface area contributed by atoms with E-state index in [-0.39, 0.29) is 29.3 Å². The minimum Gasteiger partial charge on any atom is -0.493 e. The second-order valence-corrected chi connectivity index (χ2v) is 8.83. The van der Waals surface area contributed by atoms with Gasteiger partial charge in [-0.05, 0) is 67.8 Å². The Morgan fingerprint density at radius 3 is 2.73 bits per heavy atom. The Morgan fingerprint density at radius 2 is 2.00 bits per heavy atom. The van der Waals surface area contributed by atoms with Crippen LogP contribution in [0.1, 0.15) is 47.5 Å². The molecule has 176 valence electrons. The van der Waals surface area contributed by atoms with Gasteiger partial charge in [-0.1, -0.05) is 6.07 Å². The highest BCUT2D eigenvalue weighted by molar-refractivity contribution is 5.98. The molecular formula is C26H31FN2O4. The van der Waals surface area contributed by atoms with E-state index in [9.17, 15) is 14.0 Å². The minimum atomic E-state index is -0.326. The monoisotopic (exact) mass is 454 g/mol. The molecule has 2 atom stereocenters. The van der Waals surface area contributed by atoms with Crippen molar-refractivity contribution < 1.29 is 23.5 Å². The first-order valence-electron chi connectivity index (χ1n) is 11.6. The lowest BCUT2D eigenvalue weighted by Crippen LogP contribution is -2.39. The molecule has 7 heteroatoms. The maximum absolute atomic E-state index is 13.2. The number of ketones is 1. The largest absolute Gasteiger partial charge is 0.493 e. The van der Waals surface area contributed by atoms with Gasteiger partial charge < -0.3 is 19.7 Å². The van der Waals surface area contributed by atoms with E-state index in [0.29, 0.717) is 36.6 Å². The van der Waals surface area contributed by atoms with Crippen molar-refractivity contribution in [1.82, 2.24) is 10.2 Å². The molecule has 0 spiro atoms. The molecule has 2 aromatic rings.